The lowest BCUT2D eigenvalue weighted by molar-refractivity contribution is -0.137. The lowest BCUT2D eigenvalue weighted by atomic mass is 10.0. The average molecular weight is 288 g/mol. The third kappa shape index (κ3) is 4.97. The first-order chi connectivity index (χ1) is 9.38. The molecular weight excluding hydrogens is 264 g/mol. The first kappa shape index (κ1) is 16.7. The molecule has 1 unspecified atom stereocenters. The molecule has 0 bridgehead atoms. The molecule has 1 fully saturated rings. The molecule has 20 heavy (non-hydrogen) atoms. The molecule has 7 nitrogen and oxygen atoms in total. The van der Waals surface area contributed by atoms with Gasteiger partial charge in [-0.05, 0) is 5.92 Å². The fraction of sp³-hybridized carbons (Fsp3) is 0.846. The van der Waals surface area contributed by atoms with Crippen LogP contribution in [-0.2, 0) is 14.3 Å². The minimum atomic E-state index is -1.02. The zero-order valence-electron chi connectivity index (χ0n) is 12.3. The minimum Gasteiger partial charge on any atom is -0.480 e. The summed E-state index contributed by atoms with van der Waals surface area (Å²) in [6.07, 6.45) is 0.715. The third-order valence-corrected chi connectivity index (χ3v) is 3.26. The fourth-order valence-electron chi connectivity index (χ4n) is 2.13. The van der Waals surface area contributed by atoms with Gasteiger partial charge >= 0.3 is 12.0 Å². The molecule has 1 atom stereocenters. The maximum absolute atomic E-state index is 12.1. The Balaban J connectivity index is 2.54. The summed E-state index contributed by atoms with van der Waals surface area (Å²) in [5.74, 6) is -0.822. The number of amides is 2. The molecule has 0 spiro atoms. The van der Waals surface area contributed by atoms with E-state index >= 15 is 0 Å². The van der Waals surface area contributed by atoms with Crippen LogP contribution >= 0.6 is 0 Å². The van der Waals surface area contributed by atoms with Crippen molar-refractivity contribution >= 4 is 12.0 Å². The van der Waals surface area contributed by atoms with Gasteiger partial charge in [-0.3, -0.25) is 4.79 Å². The number of rotatable bonds is 7. The number of urea groups is 1. The van der Waals surface area contributed by atoms with Crippen molar-refractivity contribution in [2.75, 3.05) is 40.0 Å². The Morgan fingerprint density at radius 3 is 2.65 bits per heavy atom. The number of carboxylic acids is 1. The Hall–Kier alpha value is -1.34. The van der Waals surface area contributed by atoms with Gasteiger partial charge < -0.3 is 24.8 Å². The van der Waals surface area contributed by atoms with Crippen molar-refractivity contribution in [3.8, 4) is 0 Å². The molecule has 1 saturated heterocycles. The van der Waals surface area contributed by atoms with E-state index in [1.54, 1.807) is 7.11 Å². The van der Waals surface area contributed by atoms with Crippen LogP contribution in [-0.4, -0.2) is 67.6 Å². The number of carbonyl (C=O) groups is 2. The molecule has 1 rings (SSSR count). The third-order valence-electron chi connectivity index (χ3n) is 3.26. The molecule has 1 heterocycles. The SMILES string of the molecule is COC1(CNC(=O)N(CC(=O)O)CC(C)C)CCOC1. The Morgan fingerprint density at radius 1 is 1.50 bits per heavy atom. The van der Waals surface area contributed by atoms with Crippen LogP contribution in [0.3, 0.4) is 0 Å². The molecule has 0 aliphatic carbocycles. The van der Waals surface area contributed by atoms with Gasteiger partial charge in [0.2, 0.25) is 0 Å². The molecule has 2 amide bonds. The molecule has 1 aliphatic rings. The summed E-state index contributed by atoms with van der Waals surface area (Å²) in [7, 11) is 1.59. The second-order valence-electron chi connectivity index (χ2n) is 5.52. The number of carbonyl (C=O) groups excluding carboxylic acids is 1. The van der Waals surface area contributed by atoms with Crippen LogP contribution in [0.4, 0.5) is 4.79 Å². The highest BCUT2D eigenvalue weighted by Crippen LogP contribution is 2.21. The number of nitrogens with zero attached hydrogens (tertiary/aromatic N) is 1. The Morgan fingerprint density at radius 2 is 2.20 bits per heavy atom. The maximum atomic E-state index is 12.1. The van der Waals surface area contributed by atoms with Crippen molar-refractivity contribution in [1.82, 2.24) is 10.2 Å². The van der Waals surface area contributed by atoms with Crippen molar-refractivity contribution in [2.45, 2.75) is 25.9 Å². The highest BCUT2D eigenvalue weighted by Gasteiger charge is 2.35. The summed E-state index contributed by atoms with van der Waals surface area (Å²) >= 11 is 0. The number of hydrogen-bond acceptors (Lipinski definition) is 4. The predicted octanol–water partition coefficient (Wildman–Crippen LogP) is 0.544. The Labute approximate surface area is 119 Å². The number of carboxylic acid groups (broad SMARTS) is 1. The van der Waals surface area contributed by atoms with Gasteiger partial charge in [-0.1, -0.05) is 13.8 Å². The lowest BCUT2D eigenvalue weighted by Gasteiger charge is -2.29. The molecule has 0 aromatic rings. The topological polar surface area (TPSA) is 88.1 Å². The van der Waals surface area contributed by atoms with Crippen molar-refractivity contribution < 1.29 is 24.2 Å². The molecule has 0 radical (unpaired) electrons. The first-order valence-electron chi connectivity index (χ1n) is 6.76. The summed E-state index contributed by atoms with van der Waals surface area (Å²) in [5, 5.41) is 11.6. The number of methoxy groups -OCH3 is 1. The van der Waals surface area contributed by atoms with E-state index in [0.717, 1.165) is 0 Å². The second kappa shape index (κ2) is 7.44. The first-order valence-corrected chi connectivity index (χ1v) is 6.76. The second-order valence-corrected chi connectivity index (χ2v) is 5.52. The average Bonchev–Trinajstić information content (AvgIpc) is 2.83. The Kier molecular flexibility index (Phi) is 6.22. The van der Waals surface area contributed by atoms with E-state index in [9.17, 15) is 9.59 Å². The van der Waals surface area contributed by atoms with Crippen LogP contribution in [0.25, 0.3) is 0 Å². The van der Waals surface area contributed by atoms with Gasteiger partial charge in [-0.15, -0.1) is 0 Å². The summed E-state index contributed by atoms with van der Waals surface area (Å²) in [5.41, 5.74) is -0.498. The molecule has 1 aliphatic heterocycles. The van der Waals surface area contributed by atoms with E-state index in [2.05, 4.69) is 5.32 Å². The summed E-state index contributed by atoms with van der Waals surface area (Å²) < 4.78 is 10.7. The molecular formula is C13H24N2O5. The number of nitrogens with one attached hydrogen (secondary N) is 1. The quantitative estimate of drug-likeness (QED) is 0.714. The van der Waals surface area contributed by atoms with E-state index < -0.39 is 11.6 Å². The van der Waals surface area contributed by atoms with Gasteiger partial charge in [0.05, 0.1) is 13.2 Å². The molecule has 0 aromatic heterocycles. The van der Waals surface area contributed by atoms with Crippen LogP contribution in [0.5, 0.6) is 0 Å². The monoisotopic (exact) mass is 288 g/mol. The van der Waals surface area contributed by atoms with E-state index in [0.29, 0.717) is 32.7 Å². The van der Waals surface area contributed by atoms with Crippen LogP contribution in [0.1, 0.15) is 20.3 Å². The number of ether oxygens (including phenoxy) is 2. The molecule has 7 heteroatoms. The smallest absolute Gasteiger partial charge is 0.323 e. The van der Waals surface area contributed by atoms with Gasteiger partial charge in [0.15, 0.2) is 0 Å². The van der Waals surface area contributed by atoms with Crippen LogP contribution in [0, 0.1) is 5.92 Å². The van der Waals surface area contributed by atoms with Crippen LogP contribution in [0.15, 0.2) is 0 Å². The van der Waals surface area contributed by atoms with Crippen LogP contribution in [0.2, 0.25) is 0 Å². The summed E-state index contributed by atoms with van der Waals surface area (Å²) in [6.45, 7) is 5.32. The molecule has 2 N–H and O–H groups in total. The standard InChI is InChI=1S/C13H24N2O5/c1-10(2)6-15(7-11(16)17)12(18)14-8-13(19-3)4-5-20-9-13/h10H,4-9H2,1-3H3,(H,14,18)(H,16,17). The summed E-state index contributed by atoms with van der Waals surface area (Å²) in [6, 6.07) is -0.385. The largest absolute Gasteiger partial charge is 0.480 e. The van der Waals surface area contributed by atoms with Gasteiger partial charge in [0.1, 0.15) is 12.1 Å². The van der Waals surface area contributed by atoms with Crippen molar-refractivity contribution in [2.24, 2.45) is 5.92 Å². The van der Waals surface area contributed by atoms with Crippen molar-refractivity contribution in [3.05, 3.63) is 0 Å². The predicted molar refractivity (Wildman–Crippen MR) is 72.6 cm³/mol. The normalized spacial score (nSPS) is 22.0. The van der Waals surface area contributed by atoms with E-state index in [-0.39, 0.29) is 18.5 Å². The molecule has 0 saturated carbocycles. The van der Waals surface area contributed by atoms with Crippen molar-refractivity contribution in [1.29, 1.82) is 0 Å². The van der Waals surface area contributed by atoms with Gasteiger partial charge in [0, 0.05) is 26.7 Å². The number of hydrogen-bond donors (Lipinski definition) is 2. The highest BCUT2D eigenvalue weighted by molar-refractivity contribution is 5.80. The fourth-order valence-corrected chi connectivity index (χ4v) is 2.13. The minimum absolute atomic E-state index is 0.200. The molecule has 116 valence electrons. The maximum Gasteiger partial charge on any atom is 0.323 e. The lowest BCUT2D eigenvalue weighted by Crippen LogP contribution is -2.50. The van der Waals surface area contributed by atoms with Gasteiger partial charge in [-0.25, -0.2) is 4.79 Å². The van der Waals surface area contributed by atoms with Gasteiger partial charge in [-0.2, -0.15) is 0 Å². The Bertz CT molecular complexity index is 340. The number of aliphatic carboxylic acids is 1. The van der Waals surface area contributed by atoms with E-state index in [1.165, 1.54) is 4.90 Å². The zero-order valence-corrected chi connectivity index (χ0v) is 12.3. The van der Waals surface area contributed by atoms with Crippen LogP contribution < -0.4 is 5.32 Å². The van der Waals surface area contributed by atoms with Crippen molar-refractivity contribution in [3.63, 3.8) is 0 Å². The summed E-state index contributed by atoms with van der Waals surface area (Å²) in [4.78, 5) is 24.2. The van der Waals surface area contributed by atoms with Gasteiger partial charge in [0.25, 0.3) is 0 Å². The van der Waals surface area contributed by atoms with E-state index in [4.69, 9.17) is 14.6 Å². The highest BCUT2D eigenvalue weighted by atomic mass is 16.5. The van der Waals surface area contributed by atoms with E-state index in [1.807, 2.05) is 13.8 Å². The molecule has 0 aromatic carbocycles. The zero-order chi connectivity index (χ0) is 15.2.